The van der Waals surface area contributed by atoms with Crippen molar-refractivity contribution in [3.63, 3.8) is 0 Å². The normalized spacial score (nSPS) is 9.93. The molecule has 1 aromatic rings. The summed E-state index contributed by atoms with van der Waals surface area (Å²) in [7, 11) is 0. The fourth-order valence-corrected chi connectivity index (χ4v) is 1.51. The van der Waals surface area contributed by atoms with Crippen LogP contribution < -0.4 is 4.74 Å². The van der Waals surface area contributed by atoms with Crippen LogP contribution >= 0.6 is 0 Å². The van der Waals surface area contributed by atoms with E-state index in [0.29, 0.717) is 5.75 Å². The lowest BCUT2D eigenvalue weighted by atomic mass is 10.0. The van der Waals surface area contributed by atoms with Crippen LogP contribution in [-0.2, 0) is 17.6 Å². The van der Waals surface area contributed by atoms with E-state index in [1.165, 1.54) is 6.92 Å². The average molecular weight is 191 g/mol. The van der Waals surface area contributed by atoms with Crippen LogP contribution in [0.2, 0.25) is 0 Å². The summed E-state index contributed by atoms with van der Waals surface area (Å²) in [6.45, 7) is 5.54. The molecule has 0 aliphatic heterocycles. The smallest absolute Gasteiger partial charge is 0.308 e. The van der Waals surface area contributed by atoms with Crippen molar-refractivity contribution in [2.75, 3.05) is 0 Å². The van der Waals surface area contributed by atoms with Crippen molar-refractivity contribution in [1.29, 1.82) is 0 Å². The Morgan fingerprint density at radius 2 is 2.14 bits per heavy atom. The van der Waals surface area contributed by atoms with Gasteiger partial charge in [0.25, 0.3) is 0 Å². The molecule has 1 rings (SSSR count). The van der Waals surface area contributed by atoms with Crippen molar-refractivity contribution >= 4 is 5.97 Å². The molecule has 0 saturated carbocycles. The van der Waals surface area contributed by atoms with Crippen LogP contribution in [0.3, 0.4) is 0 Å². The largest absolute Gasteiger partial charge is 0.426 e. The minimum Gasteiger partial charge on any atom is -0.426 e. The van der Waals surface area contributed by atoms with Gasteiger partial charge in [-0.05, 0) is 36.1 Å². The van der Waals surface area contributed by atoms with Gasteiger partial charge in [-0.15, -0.1) is 0 Å². The summed E-state index contributed by atoms with van der Waals surface area (Å²) in [5, 5.41) is 0. The lowest BCUT2D eigenvalue weighted by Gasteiger charge is -2.10. The van der Waals surface area contributed by atoms with E-state index in [1.54, 1.807) is 12.1 Å². The van der Waals surface area contributed by atoms with E-state index in [9.17, 15) is 4.79 Å². The average Bonchev–Trinajstić information content (AvgIpc) is 2.16. The van der Waals surface area contributed by atoms with Crippen molar-refractivity contribution in [1.82, 2.24) is 0 Å². The minimum absolute atomic E-state index is 0.270. The number of ether oxygens (including phenoxy) is 1. The molecule has 0 aromatic heterocycles. The molecule has 0 spiro atoms. The third kappa shape index (κ3) is 2.34. The zero-order valence-electron chi connectivity index (χ0n) is 8.89. The maximum atomic E-state index is 10.8. The van der Waals surface area contributed by atoms with Crippen molar-refractivity contribution in [3.05, 3.63) is 29.3 Å². The Bertz CT molecular complexity index is 329. The molecular formula is C12H15O2. The van der Waals surface area contributed by atoms with Gasteiger partial charge in [-0.25, -0.2) is 0 Å². The molecule has 0 bridgehead atoms. The van der Waals surface area contributed by atoms with Crippen LogP contribution in [0.4, 0.5) is 0 Å². The Kier molecular flexibility index (Phi) is 3.69. The molecule has 2 nitrogen and oxygen atoms in total. The molecule has 0 saturated heterocycles. The standard InChI is InChI=1S/C12H15O2/c1-4-10-7-6-8-12(11(10)5-2)14-9(3)13/h6,8H,4-5H2,1-3H3. The highest BCUT2D eigenvalue weighted by molar-refractivity contribution is 5.70. The third-order valence-corrected chi connectivity index (χ3v) is 2.11. The Balaban J connectivity index is 3.08. The second kappa shape index (κ2) is 4.80. The molecule has 0 amide bonds. The third-order valence-electron chi connectivity index (χ3n) is 2.11. The molecule has 0 fully saturated rings. The highest BCUT2D eigenvalue weighted by Crippen LogP contribution is 2.23. The van der Waals surface area contributed by atoms with E-state index in [2.05, 4.69) is 19.9 Å². The van der Waals surface area contributed by atoms with Gasteiger partial charge in [0.05, 0.1) is 0 Å². The van der Waals surface area contributed by atoms with Gasteiger partial charge in [0, 0.05) is 6.92 Å². The van der Waals surface area contributed by atoms with E-state index in [4.69, 9.17) is 4.74 Å². The molecule has 75 valence electrons. The predicted octanol–water partition coefficient (Wildman–Crippen LogP) is 2.54. The molecular weight excluding hydrogens is 176 g/mol. The van der Waals surface area contributed by atoms with Gasteiger partial charge in [-0.1, -0.05) is 19.9 Å². The number of carbonyl (C=O) groups is 1. The molecule has 2 heteroatoms. The maximum Gasteiger partial charge on any atom is 0.308 e. The molecule has 0 N–H and O–H groups in total. The van der Waals surface area contributed by atoms with Gasteiger partial charge in [0.2, 0.25) is 0 Å². The first-order valence-electron chi connectivity index (χ1n) is 4.89. The lowest BCUT2D eigenvalue weighted by Crippen LogP contribution is -2.05. The summed E-state index contributed by atoms with van der Waals surface area (Å²) in [6.07, 6.45) is 1.78. The van der Waals surface area contributed by atoms with Gasteiger partial charge in [-0.2, -0.15) is 0 Å². The Morgan fingerprint density at radius 1 is 1.43 bits per heavy atom. The van der Waals surface area contributed by atoms with Crippen LogP contribution in [-0.4, -0.2) is 5.97 Å². The van der Waals surface area contributed by atoms with E-state index in [1.807, 2.05) is 0 Å². The minimum atomic E-state index is -0.270. The van der Waals surface area contributed by atoms with Crippen LogP contribution in [0.15, 0.2) is 12.1 Å². The Labute approximate surface area is 84.9 Å². The fraction of sp³-hybridized carbons (Fsp3) is 0.417. The lowest BCUT2D eigenvalue weighted by molar-refractivity contribution is -0.131. The van der Waals surface area contributed by atoms with Crippen LogP contribution in [0, 0.1) is 6.07 Å². The number of hydrogen-bond donors (Lipinski definition) is 0. The second-order valence-corrected chi connectivity index (χ2v) is 3.10. The summed E-state index contributed by atoms with van der Waals surface area (Å²) in [4.78, 5) is 10.8. The van der Waals surface area contributed by atoms with Crippen LogP contribution in [0.1, 0.15) is 31.9 Å². The highest BCUT2D eigenvalue weighted by Gasteiger charge is 2.08. The van der Waals surface area contributed by atoms with E-state index in [0.717, 1.165) is 24.0 Å². The van der Waals surface area contributed by atoms with Gasteiger partial charge >= 0.3 is 5.97 Å². The van der Waals surface area contributed by atoms with Crippen molar-refractivity contribution in [2.45, 2.75) is 33.6 Å². The first-order valence-corrected chi connectivity index (χ1v) is 4.89. The Morgan fingerprint density at radius 3 is 2.64 bits per heavy atom. The Hall–Kier alpha value is -1.31. The summed E-state index contributed by atoms with van der Waals surface area (Å²) in [5.74, 6) is 0.406. The molecule has 0 atom stereocenters. The summed E-state index contributed by atoms with van der Waals surface area (Å²) in [5.41, 5.74) is 2.22. The maximum absolute atomic E-state index is 10.8. The second-order valence-electron chi connectivity index (χ2n) is 3.10. The molecule has 0 unspecified atom stereocenters. The summed E-state index contributed by atoms with van der Waals surface area (Å²) in [6, 6.07) is 6.75. The zero-order chi connectivity index (χ0) is 10.6. The number of hydrogen-bond acceptors (Lipinski definition) is 2. The zero-order valence-corrected chi connectivity index (χ0v) is 8.89. The number of carbonyl (C=O) groups excluding carboxylic acids is 1. The van der Waals surface area contributed by atoms with Crippen molar-refractivity contribution in [3.8, 4) is 5.75 Å². The first kappa shape index (κ1) is 10.8. The molecule has 0 aliphatic carbocycles. The van der Waals surface area contributed by atoms with E-state index in [-0.39, 0.29) is 5.97 Å². The van der Waals surface area contributed by atoms with Crippen molar-refractivity contribution < 1.29 is 9.53 Å². The van der Waals surface area contributed by atoms with Crippen LogP contribution in [0.25, 0.3) is 0 Å². The summed E-state index contributed by atoms with van der Waals surface area (Å²) < 4.78 is 5.12. The van der Waals surface area contributed by atoms with Gasteiger partial charge in [0.15, 0.2) is 0 Å². The molecule has 0 heterocycles. The summed E-state index contributed by atoms with van der Waals surface area (Å²) >= 11 is 0. The topological polar surface area (TPSA) is 26.3 Å². The quantitative estimate of drug-likeness (QED) is 0.542. The van der Waals surface area contributed by atoms with Crippen LogP contribution in [0.5, 0.6) is 5.75 Å². The number of esters is 1. The van der Waals surface area contributed by atoms with Gasteiger partial charge in [0.1, 0.15) is 5.75 Å². The van der Waals surface area contributed by atoms with E-state index >= 15 is 0 Å². The molecule has 1 radical (unpaired) electrons. The van der Waals surface area contributed by atoms with Gasteiger partial charge < -0.3 is 4.74 Å². The number of rotatable bonds is 3. The molecule has 14 heavy (non-hydrogen) atoms. The monoisotopic (exact) mass is 191 g/mol. The van der Waals surface area contributed by atoms with Crippen molar-refractivity contribution in [2.24, 2.45) is 0 Å². The molecule has 1 aromatic carbocycles. The number of aryl methyl sites for hydroxylation is 1. The van der Waals surface area contributed by atoms with E-state index < -0.39 is 0 Å². The number of benzene rings is 1. The SMILES string of the molecule is CCc1[c]ccc(OC(C)=O)c1CC. The van der Waals surface area contributed by atoms with Gasteiger partial charge in [-0.3, -0.25) is 4.79 Å². The molecule has 0 aliphatic rings. The first-order chi connectivity index (χ1) is 6.69. The fourth-order valence-electron chi connectivity index (χ4n) is 1.51. The highest BCUT2D eigenvalue weighted by atomic mass is 16.5. The predicted molar refractivity (Wildman–Crippen MR) is 55.3 cm³/mol.